The summed E-state index contributed by atoms with van der Waals surface area (Å²) >= 11 is 0. The van der Waals surface area contributed by atoms with E-state index in [1.807, 2.05) is 11.0 Å². The highest BCUT2D eigenvalue weighted by Crippen LogP contribution is 2.13. The van der Waals surface area contributed by atoms with E-state index in [0.717, 1.165) is 32.7 Å². The summed E-state index contributed by atoms with van der Waals surface area (Å²) < 4.78 is 0. The Labute approximate surface area is 138 Å². The third-order valence-electron chi connectivity index (χ3n) is 4.20. The van der Waals surface area contributed by atoms with Crippen molar-refractivity contribution in [1.29, 1.82) is 0 Å². The number of hydrogen-bond acceptors (Lipinski definition) is 3. The average molecular weight is 317 g/mol. The molecule has 1 aromatic rings. The van der Waals surface area contributed by atoms with Crippen LogP contribution >= 0.6 is 0 Å². The minimum atomic E-state index is -0.0887. The van der Waals surface area contributed by atoms with E-state index in [9.17, 15) is 9.59 Å². The molecule has 0 bridgehead atoms. The monoisotopic (exact) mass is 317 g/mol. The number of Topliss-reactive ketones (excluding diaryl/α,β-unsaturated/α-hetero) is 1. The molecular weight excluding hydrogens is 290 g/mol. The minimum Gasteiger partial charge on any atom is -0.322 e. The maximum absolute atomic E-state index is 12.3. The molecule has 1 aromatic carbocycles. The minimum absolute atomic E-state index is 0.000124. The van der Waals surface area contributed by atoms with Crippen LogP contribution in [0.3, 0.4) is 0 Å². The van der Waals surface area contributed by atoms with Crippen LogP contribution in [0.4, 0.5) is 10.5 Å². The van der Waals surface area contributed by atoms with Gasteiger partial charge in [-0.05, 0) is 37.9 Å². The summed E-state index contributed by atoms with van der Waals surface area (Å²) in [6, 6.07) is 6.98. The van der Waals surface area contributed by atoms with Gasteiger partial charge in [0, 0.05) is 37.4 Å². The number of rotatable bonds is 5. The van der Waals surface area contributed by atoms with Crippen LogP contribution in [-0.4, -0.2) is 54.3 Å². The Hall–Kier alpha value is -1.88. The predicted octanol–water partition coefficient (Wildman–Crippen LogP) is 3.08. The zero-order valence-electron chi connectivity index (χ0n) is 14.3. The smallest absolute Gasteiger partial charge is 0.321 e. The zero-order valence-corrected chi connectivity index (χ0v) is 14.3. The van der Waals surface area contributed by atoms with Gasteiger partial charge in [-0.3, -0.25) is 9.69 Å². The molecule has 0 saturated carbocycles. The van der Waals surface area contributed by atoms with Crippen molar-refractivity contribution in [2.75, 3.05) is 38.0 Å². The van der Waals surface area contributed by atoms with Gasteiger partial charge in [0.2, 0.25) is 0 Å². The van der Waals surface area contributed by atoms with Gasteiger partial charge in [0.05, 0.1) is 0 Å². The van der Waals surface area contributed by atoms with Gasteiger partial charge >= 0.3 is 6.03 Å². The number of piperazine rings is 1. The second-order valence-corrected chi connectivity index (χ2v) is 6.58. The topological polar surface area (TPSA) is 52.7 Å². The van der Waals surface area contributed by atoms with E-state index < -0.39 is 0 Å². The highest BCUT2D eigenvalue weighted by atomic mass is 16.2. The first-order valence-electron chi connectivity index (χ1n) is 8.35. The van der Waals surface area contributed by atoms with E-state index in [1.54, 1.807) is 18.2 Å². The lowest BCUT2D eigenvalue weighted by Crippen LogP contribution is -2.50. The van der Waals surface area contributed by atoms with Gasteiger partial charge in [0.1, 0.15) is 0 Å². The summed E-state index contributed by atoms with van der Waals surface area (Å²) in [5.74, 6) is 0.713. The van der Waals surface area contributed by atoms with Crippen LogP contribution < -0.4 is 5.32 Å². The first kappa shape index (κ1) is 17.5. The van der Waals surface area contributed by atoms with Crippen LogP contribution in [-0.2, 0) is 0 Å². The van der Waals surface area contributed by atoms with Crippen LogP contribution in [0.25, 0.3) is 0 Å². The third-order valence-corrected chi connectivity index (χ3v) is 4.20. The lowest BCUT2D eigenvalue weighted by Gasteiger charge is -2.35. The van der Waals surface area contributed by atoms with Gasteiger partial charge in [0.15, 0.2) is 5.78 Å². The lowest BCUT2D eigenvalue weighted by molar-refractivity contribution is 0.101. The van der Waals surface area contributed by atoms with Crippen molar-refractivity contribution in [2.24, 2.45) is 5.92 Å². The van der Waals surface area contributed by atoms with Gasteiger partial charge in [-0.1, -0.05) is 26.0 Å². The lowest BCUT2D eigenvalue weighted by atomic mass is 10.1. The van der Waals surface area contributed by atoms with E-state index in [4.69, 9.17) is 0 Å². The molecule has 23 heavy (non-hydrogen) atoms. The van der Waals surface area contributed by atoms with Crippen molar-refractivity contribution in [1.82, 2.24) is 9.80 Å². The summed E-state index contributed by atoms with van der Waals surface area (Å²) in [6.07, 6.45) is 1.20. The highest BCUT2D eigenvalue weighted by molar-refractivity contribution is 5.96. The molecule has 1 N–H and O–H groups in total. The summed E-state index contributed by atoms with van der Waals surface area (Å²) in [7, 11) is 0. The molecule has 0 atom stereocenters. The Kier molecular flexibility index (Phi) is 6.16. The van der Waals surface area contributed by atoms with E-state index in [-0.39, 0.29) is 11.8 Å². The molecule has 2 rings (SSSR count). The first-order chi connectivity index (χ1) is 11.0. The van der Waals surface area contributed by atoms with Crippen LogP contribution in [0.15, 0.2) is 24.3 Å². The molecule has 0 spiro atoms. The number of carbonyl (C=O) groups excluding carboxylic acids is 2. The van der Waals surface area contributed by atoms with Gasteiger partial charge in [-0.25, -0.2) is 4.79 Å². The summed E-state index contributed by atoms with van der Waals surface area (Å²) in [5.41, 5.74) is 1.28. The number of carbonyl (C=O) groups is 2. The zero-order chi connectivity index (χ0) is 16.8. The van der Waals surface area contributed by atoms with Crippen molar-refractivity contribution in [2.45, 2.75) is 27.2 Å². The Bertz CT molecular complexity index is 549. The largest absolute Gasteiger partial charge is 0.322 e. The maximum Gasteiger partial charge on any atom is 0.321 e. The molecule has 0 radical (unpaired) electrons. The third kappa shape index (κ3) is 5.36. The predicted molar refractivity (Wildman–Crippen MR) is 92.9 cm³/mol. The van der Waals surface area contributed by atoms with E-state index in [0.29, 0.717) is 17.2 Å². The summed E-state index contributed by atoms with van der Waals surface area (Å²) in [6.45, 7) is 10.4. The molecule has 0 aromatic heterocycles. The molecule has 1 heterocycles. The van der Waals surface area contributed by atoms with E-state index in [2.05, 4.69) is 24.1 Å². The van der Waals surface area contributed by atoms with Crippen molar-refractivity contribution >= 4 is 17.5 Å². The first-order valence-corrected chi connectivity index (χ1v) is 8.35. The molecule has 5 heteroatoms. The van der Waals surface area contributed by atoms with Crippen molar-refractivity contribution in [3.63, 3.8) is 0 Å². The Morgan fingerprint density at radius 2 is 1.87 bits per heavy atom. The number of nitrogens with one attached hydrogen (secondary N) is 1. The van der Waals surface area contributed by atoms with Crippen LogP contribution in [0, 0.1) is 5.92 Å². The van der Waals surface area contributed by atoms with Crippen LogP contribution in [0.2, 0.25) is 0 Å². The Balaban J connectivity index is 1.83. The number of amides is 2. The van der Waals surface area contributed by atoms with Gasteiger partial charge in [-0.15, -0.1) is 0 Å². The van der Waals surface area contributed by atoms with Crippen molar-refractivity contribution < 1.29 is 9.59 Å². The van der Waals surface area contributed by atoms with Crippen molar-refractivity contribution in [3.05, 3.63) is 29.8 Å². The standard InChI is InChI=1S/C18H27N3O2/c1-14(2)7-8-20-9-11-21(12-10-20)18(23)19-17-6-4-5-16(13-17)15(3)22/h4-6,13-14H,7-12H2,1-3H3,(H,19,23). The molecule has 2 amide bonds. The molecule has 1 fully saturated rings. The number of anilines is 1. The maximum atomic E-state index is 12.3. The fourth-order valence-corrected chi connectivity index (χ4v) is 2.63. The normalized spacial score (nSPS) is 15.7. The second kappa shape index (κ2) is 8.11. The average Bonchev–Trinajstić information content (AvgIpc) is 2.53. The molecule has 5 nitrogen and oxygen atoms in total. The summed E-state index contributed by atoms with van der Waals surface area (Å²) in [5, 5.41) is 2.89. The molecule has 1 aliphatic rings. The van der Waals surface area contributed by atoms with Gasteiger partial charge < -0.3 is 10.2 Å². The number of nitrogens with zero attached hydrogens (tertiary/aromatic N) is 2. The fraction of sp³-hybridized carbons (Fsp3) is 0.556. The van der Waals surface area contributed by atoms with Crippen molar-refractivity contribution in [3.8, 4) is 0 Å². The van der Waals surface area contributed by atoms with Crippen LogP contribution in [0.1, 0.15) is 37.6 Å². The highest BCUT2D eigenvalue weighted by Gasteiger charge is 2.21. The van der Waals surface area contributed by atoms with Crippen LogP contribution in [0.5, 0.6) is 0 Å². The Morgan fingerprint density at radius 1 is 1.17 bits per heavy atom. The molecule has 0 unspecified atom stereocenters. The SMILES string of the molecule is CC(=O)c1cccc(NC(=O)N2CCN(CCC(C)C)CC2)c1. The van der Waals surface area contributed by atoms with Gasteiger partial charge in [0.25, 0.3) is 0 Å². The second-order valence-electron chi connectivity index (χ2n) is 6.58. The summed E-state index contributed by atoms with van der Waals surface area (Å²) in [4.78, 5) is 28.0. The fourth-order valence-electron chi connectivity index (χ4n) is 2.63. The molecule has 1 saturated heterocycles. The van der Waals surface area contributed by atoms with E-state index >= 15 is 0 Å². The quantitative estimate of drug-likeness (QED) is 0.849. The number of urea groups is 1. The molecule has 0 aliphatic carbocycles. The number of ketones is 1. The Morgan fingerprint density at radius 3 is 2.48 bits per heavy atom. The molecule has 126 valence electrons. The molecular formula is C18H27N3O2. The van der Waals surface area contributed by atoms with E-state index in [1.165, 1.54) is 13.3 Å². The van der Waals surface area contributed by atoms with Gasteiger partial charge in [-0.2, -0.15) is 0 Å². The number of hydrogen-bond donors (Lipinski definition) is 1. The molecule has 1 aliphatic heterocycles. The number of benzene rings is 1.